The fraction of sp³-hybridized carbons (Fsp3) is 0.917. The number of hydrogen-bond acceptors (Lipinski definition) is 3. The summed E-state index contributed by atoms with van der Waals surface area (Å²) in [6.07, 6.45) is 5.55. The Morgan fingerprint density at radius 3 is 2.69 bits per heavy atom. The van der Waals surface area contributed by atoms with Crippen molar-refractivity contribution in [3.05, 3.63) is 0 Å². The van der Waals surface area contributed by atoms with E-state index in [9.17, 15) is 4.79 Å². The van der Waals surface area contributed by atoms with Crippen molar-refractivity contribution >= 4 is 5.91 Å². The van der Waals surface area contributed by atoms with Crippen LogP contribution >= 0.6 is 0 Å². The lowest BCUT2D eigenvalue weighted by Crippen LogP contribution is -2.37. The molecule has 1 unspecified atom stereocenters. The van der Waals surface area contributed by atoms with E-state index < -0.39 is 0 Å². The zero-order chi connectivity index (χ0) is 11.5. The van der Waals surface area contributed by atoms with Gasteiger partial charge in [-0.1, -0.05) is 0 Å². The van der Waals surface area contributed by atoms with Crippen LogP contribution in [0.3, 0.4) is 0 Å². The third-order valence-corrected chi connectivity index (χ3v) is 3.61. The van der Waals surface area contributed by atoms with E-state index in [0.717, 1.165) is 19.1 Å². The van der Waals surface area contributed by atoms with Crippen molar-refractivity contribution < 1.29 is 4.79 Å². The van der Waals surface area contributed by atoms with Crippen LogP contribution in [-0.4, -0.2) is 43.0 Å². The zero-order valence-electron chi connectivity index (χ0n) is 10.1. The van der Waals surface area contributed by atoms with Crippen LogP contribution in [-0.2, 0) is 4.79 Å². The van der Waals surface area contributed by atoms with Gasteiger partial charge < -0.3 is 16.0 Å². The monoisotopic (exact) mass is 225 g/mol. The molecule has 1 atom stereocenters. The number of carbonyl (C=O) groups is 1. The summed E-state index contributed by atoms with van der Waals surface area (Å²) in [6.45, 7) is 1.71. The van der Waals surface area contributed by atoms with Gasteiger partial charge in [-0.05, 0) is 38.6 Å². The molecule has 0 bridgehead atoms. The van der Waals surface area contributed by atoms with E-state index in [4.69, 9.17) is 5.73 Å². The molecule has 2 fully saturated rings. The number of amides is 1. The highest BCUT2D eigenvalue weighted by molar-refractivity contribution is 5.76. The highest BCUT2D eigenvalue weighted by Gasteiger charge is 2.30. The van der Waals surface area contributed by atoms with Crippen LogP contribution in [0, 0.1) is 5.92 Å². The number of likely N-dealkylation sites (N-methyl/N-ethyl adjacent to an activating group) is 1. The first-order valence-corrected chi connectivity index (χ1v) is 6.39. The Balaban J connectivity index is 1.52. The van der Waals surface area contributed by atoms with E-state index in [0.29, 0.717) is 12.3 Å². The number of nitrogens with one attached hydrogen (secondary N) is 1. The van der Waals surface area contributed by atoms with Gasteiger partial charge in [0, 0.05) is 31.6 Å². The van der Waals surface area contributed by atoms with Gasteiger partial charge in [0.2, 0.25) is 5.91 Å². The van der Waals surface area contributed by atoms with Gasteiger partial charge in [-0.15, -0.1) is 0 Å². The summed E-state index contributed by atoms with van der Waals surface area (Å²) in [7, 11) is 2.12. The van der Waals surface area contributed by atoms with Crippen molar-refractivity contribution in [1.82, 2.24) is 10.2 Å². The molecule has 4 nitrogen and oxygen atoms in total. The number of carbonyl (C=O) groups excluding carboxylic acids is 1. The smallest absolute Gasteiger partial charge is 0.221 e. The van der Waals surface area contributed by atoms with Crippen LogP contribution < -0.4 is 11.1 Å². The van der Waals surface area contributed by atoms with Gasteiger partial charge in [-0.3, -0.25) is 4.79 Å². The minimum absolute atomic E-state index is 0.0844. The topological polar surface area (TPSA) is 58.4 Å². The van der Waals surface area contributed by atoms with Crippen molar-refractivity contribution in [1.29, 1.82) is 0 Å². The summed E-state index contributed by atoms with van der Waals surface area (Å²) in [5.41, 5.74) is 5.90. The lowest BCUT2D eigenvalue weighted by Gasteiger charge is -2.16. The summed E-state index contributed by atoms with van der Waals surface area (Å²) in [4.78, 5) is 13.9. The quantitative estimate of drug-likeness (QED) is 0.656. The minimum atomic E-state index is 0.0844. The van der Waals surface area contributed by atoms with Crippen molar-refractivity contribution in [2.24, 2.45) is 11.7 Å². The van der Waals surface area contributed by atoms with Crippen molar-refractivity contribution in [3.63, 3.8) is 0 Å². The first-order valence-electron chi connectivity index (χ1n) is 6.39. The van der Waals surface area contributed by atoms with Gasteiger partial charge in [0.1, 0.15) is 0 Å². The number of rotatable bonds is 7. The van der Waals surface area contributed by atoms with Gasteiger partial charge in [0.05, 0.1) is 0 Å². The highest BCUT2D eigenvalue weighted by atomic mass is 16.1. The standard InChI is InChI=1S/C12H23N3O/c1-15(10-4-5-10)7-6-14-12(16)8-11(13)9-2-3-9/h9-11H,2-8,13H2,1H3,(H,14,16). The molecule has 0 aromatic carbocycles. The van der Waals surface area contributed by atoms with Crippen molar-refractivity contribution in [2.75, 3.05) is 20.1 Å². The molecule has 4 heteroatoms. The molecule has 1 amide bonds. The van der Waals surface area contributed by atoms with E-state index >= 15 is 0 Å². The Kier molecular flexibility index (Phi) is 3.82. The van der Waals surface area contributed by atoms with Gasteiger partial charge in [0.25, 0.3) is 0 Å². The van der Waals surface area contributed by atoms with E-state index in [1.807, 2.05) is 0 Å². The Hall–Kier alpha value is -0.610. The number of nitrogens with zero attached hydrogens (tertiary/aromatic N) is 1. The molecular formula is C12H23N3O. The van der Waals surface area contributed by atoms with Crippen LogP contribution in [0.15, 0.2) is 0 Å². The first kappa shape index (κ1) is 11.9. The maximum atomic E-state index is 11.5. The minimum Gasteiger partial charge on any atom is -0.355 e. The molecule has 2 aliphatic carbocycles. The average molecular weight is 225 g/mol. The Morgan fingerprint density at radius 1 is 1.44 bits per heavy atom. The largest absolute Gasteiger partial charge is 0.355 e. The predicted molar refractivity (Wildman–Crippen MR) is 64.0 cm³/mol. The van der Waals surface area contributed by atoms with Crippen molar-refractivity contribution in [3.8, 4) is 0 Å². The van der Waals surface area contributed by atoms with Gasteiger partial charge in [0.15, 0.2) is 0 Å². The van der Waals surface area contributed by atoms with E-state index in [1.165, 1.54) is 25.7 Å². The molecule has 0 aromatic heterocycles. The van der Waals surface area contributed by atoms with E-state index in [2.05, 4.69) is 17.3 Å². The Bertz CT molecular complexity index is 249. The molecule has 0 saturated heterocycles. The molecule has 2 rings (SSSR count). The third-order valence-electron chi connectivity index (χ3n) is 3.61. The van der Waals surface area contributed by atoms with Crippen LogP contribution in [0.1, 0.15) is 32.1 Å². The molecule has 0 heterocycles. The third kappa shape index (κ3) is 3.76. The molecule has 92 valence electrons. The number of nitrogens with two attached hydrogens (primary N) is 1. The SMILES string of the molecule is CN(CCNC(=O)CC(N)C1CC1)C1CC1. The molecule has 0 aromatic rings. The molecule has 3 N–H and O–H groups in total. The molecule has 0 radical (unpaired) electrons. The fourth-order valence-corrected chi connectivity index (χ4v) is 2.05. The van der Waals surface area contributed by atoms with Crippen LogP contribution in [0.5, 0.6) is 0 Å². The second-order valence-corrected chi connectivity index (χ2v) is 5.27. The zero-order valence-corrected chi connectivity index (χ0v) is 10.1. The molecule has 16 heavy (non-hydrogen) atoms. The van der Waals surface area contributed by atoms with E-state index in [-0.39, 0.29) is 11.9 Å². The average Bonchev–Trinajstić information content (AvgIpc) is 3.07. The Labute approximate surface area is 97.6 Å². The molecule has 2 saturated carbocycles. The molecular weight excluding hydrogens is 202 g/mol. The normalized spacial score (nSPS) is 22.2. The summed E-state index contributed by atoms with van der Waals surface area (Å²) in [6, 6.07) is 0.854. The van der Waals surface area contributed by atoms with Gasteiger partial charge in [-0.25, -0.2) is 0 Å². The maximum absolute atomic E-state index is 11.5. The lowest BCUT2D eigenvalue weighted by atomic mass is 10.1. The van der Waals surface area contributed by atoms with Gasteiger partial charge >= 0.3 is 0 Å². The molecule has 0 aliphatic heterocycles. The highest BCUT2D eigenvalue weighted by Crippen LogP contribution is 2.32. The van der Waals surface area contributed by atoms with Crippen LogP contribution in [0.25, 0.3) is 0 Å². The van der Waals surface area contributed by atoms with Crippen LogP contribution in [0.4, 0.5) is 0 Å². The number of hydrogen-bond donors (Lipinski definition) is 2. The van der Waals surface area contributed by atoms with Crippen molar-refractivity contribution in [2.45, 2.75) is 44.2 Å². The molecule has 2 aliphatic rings. The van der Waals surface area contributed by atoms with Crippen LogP contribution in [0.2, 0.25) is 0 Å². The second kappa shape index (κ2) is 5.15. The second-order valence-electron chi connectivity index (χ2n) is 5.27. The van der Waals surface area contributed by atoms with Gasteiger partial charge in [-0.2, -0.15) is 0 Å². The predicted octanol–water partition coefficient (Wildman–Crippen LogP) is 0.324. The summed E-state index contributed by atoms with van der Waals surface area (Å²) in [5.74, 6) is 0.725. The lowest BCUT2D eigenvalue weighted by molar-refractivity contribution is -0.121. The Morgan fingerprint density at radius 2 is 2.12 bits per heavy atom. The van der Waals surface area contributed by atoms with E-state index in [1.54, 1.807) is 0 Å². The summed E-state index contributed by atoms with van der Waals surface area (Å²) in [5, 5.41) is 2.95. The fourth-order valence-electron chi connectivity index (χ4n) is 2.05. The molecule has 0 spiro atoms. The first-order chi connectivity index (χ1) is 7.66. The maximum Gasteiger partial charge on any atom is 0.221 e. The summed E-state index contributed by atoms with van der Waals surface area (Å²) < 4.78 is 0. The summed E-state index contributed by atoms with van der Waals surface area (Å²) >= 11 is 0.